The van der Waals surface area contributed by atoms with E-state index < -0.39 is 32.4 Å². The van der Waals surface area contributed by atoms with Crippen molar-refractivity contribution in [3.05, 3.63) is 124 Å². The van der Waals surface area contributed by atoms with Crippen LogP contribution in [0.1, 0.15) is 27.0 Å². The summed E-state index contributed by atoms with van der Waals surface area (Å²) in [7, 11) is -4.33. The van der Waals surface area contributed by atoms with Crippen LogP contribution >= 0.6 is 23.4 Å². The van der Waals surface area contributed by atoms with Crippen LogP contribution in [-0.2, 0) is 29.7 Å². The Hall–Kier alpha value is -4.00. The summed E-state index contributed by atoms with van der Waals surface area (Å²) >= 11 is 7.27. The molecule has 1 aromatic heterocycles. The fourth-order valence-electron chi connectivity index (χ4n) is 4.33. The van der Waals surface area contributed by atoms with Crippen molar-refractivity contribution in [1.82, 2.24) is 15.0 Å². The van der Waals surface area contributed by atoms with Crippen LogP contribution in [0.25, 0.3) is 10.9 Å². The highest BCUT2D eigenvalue weighted by molar-refractivity contribution is 7.99. The predicted molar refractivity (Wildman–Crippen MR) is 163 cm³/mol. The first-order valence-electron chi connectivity index (χ1n) is 12.9. The number of pyridine rings is 1. The number of amides is 1. The molecule has 0 aliphatic rings. The van der Waals surface area contributed by atoms with Gasteiger partial charge in [0.1, 0.15) is 22.0 Å². The van der Waals surface area contributed by atoms with Gasteiger partial charge in [-0.1, -0.05) is 71.9 Å². The zero-order valence-electron chi connectivity index (χ0n) is 22.4. The topological polar surface area (TPSA) is 129 Å². The second-order valence-corrected chi connectivity index (χ2v) is 12.7. The standard InChI is InChI=1S/C31H25ClFN3O5S2/c32-22-11-9-19(10-12-22)15-35-31(39)25-17-34-29-24(30(25)38)13-23(33)14-28(29)43(40,41)36-16-20-5-1-3-7-26(20)42-27-8-4-2-6-21(27)18-37/h1-14,17,36-37H,15-16,18H2,(H,34,38)(H,35,39). The normalized spacial score (nSPS) is 11.5. The molecule has 4 aromatic carbocycles. The summed E-state index contributed by atoms with van der Waals surface area (Å²) < 4.78 is 44.1. The minimum Gasteiger partial charge on any atom is -0.506 e. The Morgan fingerprint density at radius 2 is 1.58 bits per heavy atom. The minimum absolute atomic E-state index is 0.123. The predicted octanol–water partition coefficient (Wildman–Crippen LogP) is 5.78. The van der Waals surface area contributed by atoms with Gasteiger partial charge in [-0.15, -0.1) is 0 Å². The monoisotopic (exact) mass is 637 g/mol. The van der Waals surface area contributed by atoms with E-state index in [1.165, 1.54) is 11.8 Å². The summed E-state index contributed by atoms with van der Waals surface area (Å²) in [5.74, 6) is -2.20. The Labute approximate surface area is 256 Å². The molecule has 5 aromatic rings. The van der Waals surface area contributed by atoms with Gasteiger partial charge in [0, 0.05) is 39.5 Å². The Bertz CT molecular complexity index is 1920. The Kier molecular flexibility index (Phi) is 9.28. The Balaban J connectivity index is 1.39. The molecule has 0 saturated carbocycles. The van der Waals surface area contributed by atoms with E-state index in [1.54, 1.807) is 42.5 Å². The fourth-order valence-corrected chi connectivity index (χ4v) is 6.70. The van der Waals surface area contributed by atoms with Gasteiger partial charge in [0.2, 0.25) is 10.0 Å². The van der Waals surface area contributed by atoms with Gasteiger partial charge in [-0.2, -0.15) is 0 Å². The van der Waals surface area contributed by atoms with Crippen LogP contribution in [0.3, 0.4) is 0 Å². The molecule has 5 rings (SSSR count). The van der Waals surface area contributed by atoms with Gasteiger partial charge in [-0.25, -0.2) is 17.5 Å². The first kappa shape index (κ1) is 30.5. The molecule has 43 heavy (non-hydrogen) atoms. The second kappa shape index (κ2) is 13.1. The van der Waals surface area contributed by atoms with E-state index in [9.17, 15) is 27.8 Å². The van der Waals surface area contributed by atoms with E-state index in [-0.39, 0.29) is 36.2 Å². The number of aromatic hydroxyl groups is 1. The number of carbonyl (C=O) groups is 1. The maximum absolute atomic E-state index is 14.7. The highest BCUT2D eigenvalue weighted by atomic mass is 35.5. The van der Waals surface area contributed by atoms with Crippen molar-refractivity contribution in [2.75, 3.05) is 0 Å². The van der Waals surface area contributed by atoms with Crippen molar-refractivity contribution < 1.29 is 27.8 Å². The Morgan fingerprint density at radius 1 is 0.930 bits per heavy atom. The molecule has 0 aliphatic heterocycles. The van der Waals surface area contributed by atoms with Crippen molar-refractivity contribution in [3.8, 4) is 5.75 Å². The molecule has 8 nitrogen and oxygen atoms in total. The lowest BCUT2D eigenvalue weighted by molar-refractivity contribution is 0.0948. The number of hydrogen-bond donors (Lipinski definition) is 4. The van der Waals surface area contributed by atoms with Gasteiger partial charge >= 0.3 is 0 Å². The molecule has 0 spiro atoms. The number of nitrogens with zero attached hydrogens (tertiary/aromatic N) is 1. The van der Waals surface area contributed by atoms with Gasteiger partial charge in [0.15, 0.2) is 0 Å². The number of carbonyl (C=O) groups excluding carboxylic acids is 1. The van der Waals surface area contributed by atoms with Gasteiger partial charge < -0.3 is 15.5 Å². The number of aromatic nitrogens is 1. The first-order chi connectivity index (χ1) is 20.7. The number of benzene rings is 4. The number of nitrogens with one attached hydrogen (secondary N) is 2. The van der Waals surface area contributed by atoms with Crippen LogP contribution in [0.5, 0.6) is 5.75 Å². The van der Waals surface area contributed by atoms with Gasteiger partial charge in [-0.3, -0.25) is 9.78 Å². The van der Waals surface area contributed by atoms with Crippen LogP contribution in [0.4, 0.5) is 4.39 Å². The fraction of sp³-hybridized carbons (Fsp3) is 0.0968. The SMILES string of the molecule is O=C(NCc1ccc(Cl)cc1)c1cnc2c(S(=O)(=O)NCc3ccccc3Sc3ccccc3CO)cc(F)cc2c1O. The van der Waals surface area contributed by atoms with Gasteiger partial charge in [0.25, 0.3) is 5.91 Å². The van der Waals surface area contributed by atoms with Crippen LogP contribution in [-0.4, -0.2) is 29.5 Å². The smallest absolute Gasteiger partial charge is 0.256 e. The maximum atomic E-state index is 14.7. The zero-order valence-corrected chi connectivity index (χ0v) is 24.8. The third-order valence-electron chi connectivity index (χ3n) is 6.56. The van der Waals surface area contributed by atoms with Crippen molar-refractivity contribution in [2.24, 2.45) is 0 Å². The van der Waals surface area contributed by atoms with Crippen LogP contribution in [0.2, 0.25) is 5.02 Å². The lowest BCUT2D eigenvalue weighted by Gasteiger charge is -2.14. The molecular formula is C31H25ClFN3O5S2. The minimum atomic E-state index is -4.33. The zero-order chi connectivity index (χ0) is 30.6. The molecule has 0 radical (unpaired) electrons. The largest absolute Gasteiger partial charge is 0.506 e. The molecule has 0 bridgehead atoms. The molecule has 12 heteroatoms. The molecule has 220 valence electrons. The van der Waals surface area contributed by atoms with Crippen molar-refractivity contribution in [3.63, 3.8) is 0 Å². The van der Waals surface area contributed by atoms with Gasteiger partial charge in [-0.05, 0) is 53.1 Å². The molecule has 1 heterocycles. The highest BCUT2D eigenvalue weighted by Crippen LogP contribution is 2.34. The maximum Gasteiger partial charge on any atom is 0.256 e. The molecule has 1 amide bonds. The van der Waals surface area contributed by atoms with E-state index in [4.69, 9.17) is 11.6 Å². The summed E-state index contributed by atoms with van der Waals surface area (Å²) in [5.41, 5.74) is 1.71. The molecule has 0 unspecified atom stereocenters. The first-order valence-corrected chi connectivity index (χ1v) is 15.6. The molecule has 0 atom stereocenters. The molecule has 0 fully saturated rings. The number of aliphatic hydroxyl groups is 1. The molecular weight excluding hydrogens is 613 g/mol. The third-order valence-corrected chi connectivity index (χ3v) is 9.46. The average Bonchev–Trinajstić information content (AvgIpc) is 3.00. The van der Waals surface area contributed by atoms with Crippen LogP contribution < -0.4 is 10.0 Å². The third kappa shape index (κ3) is 6.98. The number of hydrogen-bond acceptors (Lipinski definition) is 7. The van der Waals surface area contributed by atoms with E-state index in [0.717, 1.165) is 39.2 Å². The summed E-state index contributed by atoms with van der Waals surface area (Å²) in [6, 6.07) is 23.1. The molecule has 0 saturated heterocycles. The van der Waals surface area contributed by atoms with Crippen molar-refractivity contribution >= 4 is 50.2 Å². The quantitative estimate of drug-likeness (QED) is 0.153. The Morgan fingerprint density at radius 3 is 2.28 bits per heavy atom. The highest BCUT2D eigenvalue weighted by Gasteiger charge is 2.24. The van der Waals surface area contributed by atoms with Crippen molar-refractivity contribution in [2.45, 2.75) is 34.4 Å². The number of fused-ring (bicyclic) bond motifs is 1. The summed E-state index contributed by atoms with van der Waals surface area (Å²) in [6.07, 6.45) is 1.05. The van der Waals surface area contributed by atoms with Crippen molar-refractivity contribution in [1.29, 1.82) is 0 Å². The van der Waals surface area contributed by atoms with Crippen LogP contribution in [0.15, 0.2) is 106 Å². The second-order valence-electron chi connectivity index (χ2n) is 9.43. The number of aliphatic hydroxyl groups excluding tert-OH is 1. The average molecular weight is 638 g/mol. The number of sulfonamides is 1. The lowest BCUT2D eigenvalue weighted by atomic mass is 10.1. The molecule has 0 aliphatic carbocycles. The summed E-state index contributed by atoms with van der Waals surface area (Å²) in [5, 5.41) is 23.5. The summed E-state index contributed by atoms with van der Waals surface area (Å²) in [4.78, 5) is 18.0. The lowest BCUT2D eigenvalue weighted by Crippen LogP contribution is -2.25. The molecule has 4 N–H and O–H groups in total. The van der Waals surface area contributed by atoms with Gasteiger partial charge in [0.05, 0.1) is 12.1 Å². The van der Waals surface area contributed by atoms with E-state index in [1.807, 2.05) is 30.3 Å². The van der Waals surface area contributed by atoms with Crippen LogP contribution in [0, 0.1) is 5.82 Å². The van der Waals surface area contributed by atoms with E-state index in [0.29, 0.717) is 10.6 Å². The number of halogens is 2. The van der Waals surface area contributed by atoms with E-state index >= 15 is 0 Å². The summed E-state index contributed by atoms with van der Waals surface area (Å²) in [6.45, 7) is -0.135. The van der Waals surface area contributed by atoms with E-state index in [2.05, 4.69) is 15.0 Å². The number of rotatable bonds is 10.